The van der Waals surface area contributed by atoms with E-state index in [2.05, 4.69) is 0 Å². The molecule has 0 saturated carbocycles. The summed E-state index contributed by atoms with van der Waals surface area (Å²) >= 11 is 0. The smallest absolute Gasteiger partial charge is 0.254 e. The van der Waals surface area contributed by atoms with Crippen LogP contribution in [-0.4, -0.2) is 48.8 Å². The van der Waals surface area contributed by atoms with Gasteiger partial charge in [-0.3, -0.25) is 4.79 Å². The number of carbonyl (C=O) groups excluding carboxylic acids is 1. The molecule has 1 amide bonds. The van der Waals surface area contributed by atoms with Gasteiger partial charge in [-0.15, -0.1) is 0 Å². The van der Waals surface area contributed by atoms with E-state index in [9.17, 15) is 14.3 Å². The Labute approximate surface area is 153 Å². The molecule has 2 aromatic carbocycles. The van der Waals surface area contributed by atoms with Crippen LogP contribution >= 0.6 is 0 Å². The van der Waals surface area contributed by atoms with Gasteiger partial charge in [-0.25, -0.2) is 4.39 Å². The van der Waals surface area contributed by atoms with Gasteiger partial charge in [0.25, 0.3) is 5.91 Å². The van der Waals surface area contributed by atoms with Crippen molar-refractivity contribution in [2.24, 2.45) is 5.92 Å². The van der Waals surface area contributed by atoms with Gasteiger partial charge >= 0.3 is 0 Å². The number of rotatable bonds is 4. The van der Waals surface area contributed by atoms with Gasteiger partial charge in [-0.05, 0) is 42.2 Å². The first kappa shape index (κ1) is 18.5. The Hall–Kier alpha value is -2.24. The molecule has 0 aromatic heterocycles. The van der Waals surface area contributed by atoms with Crippen molar-refractivity contribution >= 4 is 5.91 Å². The fraction of sp³-hybridized carbons (Fsp3) is 0.381. The highest BCUT2D eigenvalue weighted by Crippen LogP contribution is 2.19. The van der Waals surface area contributed by atoms with Crippen LogP contribution in [0.25, 0.3) is 0 Å². The number of nitrogens with zero attached hydrogens (tertiary/aromatic N) is 1. The molecule has 1 saturated heterocycles. The lowest BCUT2D eigenvalue weighted by Crippen LogP contribution is -2.37. The first-order valence-corrected chi connectivity index (χ1v) is 8.89. The predicted molar refractivity (Wildman–Crippen MR) is 97.7 cm³/mol. The molecular weight excluding hydrogens is 333 g/mol. The van der Waals surface area contributed by atoms with Crippen LogP contribution < -0.4 is 0 Å². The summed E-state index contributed by atoms with van der Waals surface area (Å²) in [5.41, 5.74) is 2.93. The van der Waals surface area contributed by atoms with Crippen LogP contribution in [0.15, 0.2) is 42.5 Å². The minimum Gasteiger partial charge on any atom is -0.396 e. The van der Waals surface area contributed by atoms with Gasteiger partial charge in [0.2, 0.25) is 0 Å². The second kappa shape index (κ2) is 8.43. The molecule has 5 heteroatoms. The Balaban J connectivity index is 1.83. The van der Waals surface area contributed by atoms with Gasteiger partial charge in [0.1, 0.15) is 5.82 Å². The quantitative estimate of drug-likeness (QED) is 0.915. The number of halogens is 1. The van der Waals surface area contributed by atoms with Crippen molar-refractivity contribution in [1.29, 1.82) is 0 Å². The van der Waals surface area contributed by atoms with E-state index in [1.54, 1.807) is 17.9 Å². The van der Waals surface area contributed by atoms with Crippen LogP contribution in [0, 0.1) is 18.7 Å². The number of aliphatic hydroxyl groups is 1. The van der Waals surface area contributed by atoms with E-state index in [-0.39, 0.29) is 24.2 Å². The molecule has 0 unspecified atom stereocenters. The molecule has 4 nitrogen and oxygen atoms in total. The lowest BCUT2D eigenvalue weighted by molar-refractivity contribution is 0.0727. The van der Waals surface area contributed by atoms with Crippen LogP contribution in [-0.2, 0) is 11.2 Å². The van der Waals surface area contributed by atoms with Gasteiger partial charge in [0, 0.05) is 31.2 Å². The van der Waals surface area contributed by atoms with Crippen molar-refractivity contribution in [2.75, 3.05) is 32.9 Å². The molecule has 1 heterocycles. The van der Waals surface area contributed by atoms with Crippen molar-refractivity contribution in [2.45, 2.75) is 13.3 Å². The molecule has 0 aliphatic carbocycles. The number of hydrogen-bond donors (Lipinski definition) is 1. The van der Waals surface area contributed by atoms with Crippen LogP contribution in [0.5, 0.6) is 0 Å². The average molecular weight is 357 g/mol. The number of benzene rings is 2. The standard InChI is InChI=1S/C21H24FNO3/c1-15-6-7-16(11-20(15)22)10-18-4-2-3-5-19(18)21(25)23-8-9-26-14-17(12-23)13-24/h2-7,11,17,24H,8-10,12-14H2,1H3/t17-/m0/s1. The molecule has 0 bridgehead atoms. The lowest BCUT2D eigenvalue weighted by atomic mass is 9.98. The Bertz CT molecular complexity index is 778. The molecule has 0 radical (unpaired) electrons. The summed E-state index contributed by atoms with van der Waals surface area (Å²) in [7, 11) is 0. The Kier molecular flexibility index (Phi) is 6.01. The third kappa shape index (κ3) is 4.29. The summed E-state index contributed by atoms with van der Waals surface area (Å²) in [5, 5.41) is 9.43. The zero-order valence-electron chi connectivity index (χ0n) is 15.0. The minimum absolute atomic E-state index is 0.00588. The largest absolute Gasteiger partial charge is 0.396 e. The van der Waals surface area contributed by atoms with Crippen molar-refractivity contribution in [1.82, 2.24) is 4.90 Å². The molecule has 1 N–H and O–H groups in total. The highest BCUT2D eigenvalue weighted by molar-refractivity contribution is 5.95. The number of aliphatic hydroxyl groups excluding tert-OH is 1. The normalized spacial score (nSPS) is 17.8. The fourth-order valence-corrected chi connectivity index (χ4v) is 3.19. The number of ether oxygens (including phenoxy) is 1. The zero-order valence-corrected chi connectivity index (χ0v) is 15.0. The summed E-state index contributed by atoms with van der Waals surface area (Å²) < 4.78 is 19.3. The van der Waals surface area contributed by atoms with Gasteiger partial charge in [0.15, 0.2) is 0 Å². The fourth-order valence-electron chi connectivity index (χ4n) is 3.19. The molecule has 1 aliphatic heterocycles. The average Bonchev–Trinajstić information content (AvgIpc) is 2.90. The second-order valence-electron chi connectivity index (χ2n) is 6.79. The van der Waals surface area contributed by atoms with Crippen LogP contribution in [0.4, 0.5) is 4.39 Å². The van der Waals surface area contributed by atoms with Crippen molar-refractivity contribution in [3.05, 3.63) is 70.5 Å². The van der Waals surface area contributed by atoms with Crippen LogP contribution in [0.2, 0.25) is 0 Å². The number of carbonyl (C=O) groups is 1. The summed E-state index contributed by atoms with van der Waals surface area (Å²) in [5.74, 6) is -0.376. The Morgan fingerprint density at radius 3 is 2.88 bits per heavy atom. The highest BCUT2D eigenvalue weighted by Gasteiger charge is 2.24. The molecule has 0 spiro atoms. The van der Waals surface area contributed by atoms with Gasteiger partial charge < -0.3 is 14.7 Å². The molecule has 26 heavy (non-hydrogen) atoms. The summed E-state index contributed by atoms with van der Waals surface area (Å²) in [6.07, 6.45) is 0.493. The molecule has 1 atom stereocenters. The van der Waals surface area contributed by atoms with E-state index in [0.29, 0.717) is 43.9 Å². The van der Waals surface area contributed by atoms with Crippen molar-refractivity contribution in [3.63, 3.8) is 0 Å². The SMILES string of the molecule is Cc1ccc(Cc2ccccc2C(=O)N2CCOC[C@H](CO)C2)cc1F. The first-order valence-electron chi connectivity index (χ1n) is 8.89. The van der Waals surface area contributed by atoms with Crippen molar-refractivity contribution < 1.29 is 19.0 Å². The lowest BCUT2D eigenvalue weighted by Gasteiger charge is -2.24. The molecule has 3 rings (SSSR count). The van der Waals surface area contributed by atoms with E-state index < -0.39 is 0 Å². The predicted octanol–water partition coefficient (Wildman–Crippen LogP) is 2.81. The Morgan fingerprint density at radius 1 is 1.31 bits per heavy atom. The highest BCUT2D eigenvalue weighted by atomic mass is 19.1. The number of amides is 1. The van der Waals surface area contributed by atoms with Crippen LogP contribution in [0.3, 0.4) is 0 Å². The van der Waals surface area contributed by atoms with Gasteiger partial charge in [-0.1, -0.05) is 30.3 Å². The Morgan fingerprint density at radius 2 is 2.12 bits per heavy atom. The monoisotopic (exact) mass is 357 g/mol. The van der Waals surface area contributed by atoms with E-state index in [1.165, 1.54) is 6.07 Å². The number of hydrogen-bond acceptors (Lipinski definition) is 3. The second-order valence-corrected chi connectivity index (χ2v) is 6.79. The van der Waals surface area contributed by atoms with Crippen molar-refractivity contribution in [3.8, 4) is 0 Å². The molecule has 1 aliphatic rings. The summed E-state index contributed by atoms with van der Waals surface area (Å²) in [6.45, 7) is 3.63. The third-order valence-electron chi connectivity index (χ3n) is 4.76. The number of aryl methyl sites for hydroxylation is 1. The maximum Gasteiger partial charge on any atom is 0.254 e. The van der Waals surface area contributed by atoms with E-state index >= 15 is 0 Å². The summed E-state index contributed by atoms with van der Waals surface area (Å²) in [6, 6.07) is 12.6. The maximum atomic E-state index is 13.8. The van der Waals surface area contributed by atoms with Gasteiger partial charge in [-0.2, -0.15) is 0 Å². The molecular formula is C21H24FNO3. The topological polar surface area (TPSA) is 49.8 Å². The van der Waals surface area contributed by atoms with E-state index in [1.807, 2.05) is 30.3 Å². The van der Waals surface area contributed by atoms with E-state index in [0.717, 1.165) is 11.1 Å². The molecule has 1 fully saturated rings. The molecule has 138 valence electrons. The van der Waals surface area contributed by atoms with E-state index in [4.69, 9.17) is 4.74 Å². The minimum atomic E-state index is -0.234. The molecule has 2 aromatic rings. The van der Waals surface area contributed by atoms with Crippen LogP contribution in [0.1, 0.15) is 27.0 Å². The summed E-state index contributed by atoms with van der Waals surface area (Å²) in [4.78, 5) is 14.8. The van der Waals surface area contributed by atoms with Gasteiger partial charge in [0.05, 0.1) is 13.2 Å². The third-order valence-corrected chi connectivity index (χ3v) is 4.76. The first-order chi connectivity index (χ1) is 12.6. The maximum absolute atomic E-state index is 13.8. The zero-order chi connectivity index (χ0) is 18.5.